The van der Waals surface area contributed by atoms with E-state index in [1.165, 1.54) is 18.9 Å². The van der Waals surface area contributed by atoms with Crippen LogP contribution in [0, 0.1) is 0 Å². The monoisotopic (exact) mass is 346 g/mol. The second-order valence-electron chi connectivity index (χ2n) is 5.72. The number of anilines is 2. The van der Waals surface area contributed by atoms with Crippen molar-refractivity contribution in [2.45, 2.75) is 11.3 Å². The summed E-state index contributed by atoms with van der Waals surface area (Å²) in [4.78, 5) is 9.12. The highest BCUT2D eigenvalue weighted by Crippen LogP contribution is 2.19. The van der Waals surface area contributed by atoms with Gasteiger partial charge in [-0.2, -0.15) is 0 Å². The fourth-order valence-corrected chi connectivity index (χ4v) is 3.55. The molecular weight excluding hydrogens is 324 g/mol. The Morgan fingerprint density at radius 1 is 0.958 bits per heavy atom. The number of benzene rings is 1. The number of hydrogen-bond donors (Lipinski definition) is 1. The smallest absolute Gasteiger partial charge is 0.241 e. The molecular formula is C17H22N4O2S. The van der Waals surface area contributed by atoms with Gasteiger partial charge >= 0.3 is 0 Å². The van der Waals surface area contributed by atoms with Crippen LogP contribution in [0.25, 0.3) is 0 Å². The lowest BCUT2D eigenvalue weighted by molar-refractivity contribution is 0.588. The zero-order chi connectivity index (χ0) is 17.0. The number of nitrogens with one attached hydrogen (secondary N) is 1. The second kappa shape index (κ2) is 7.19. The molecule has 1 aliphatic rings. The molecule has 0 amide bonds. The summed E-state index contributed by atoms with van der Waals surface area (Å²) in [6.45, 7) is 3.70. The van der Waals surface area contributed by atoms with Crippen molar-refractivity contribution in [3.05, 3.63) is 48.7 Å². The standard InChI is InChI=1S/C17H22N4O2S/c1-18-24(22,23)16-8-9-17(19-14-16)21-11-5-10-20(12-13-21)15-6-3-2-4-7-15/h2-4,6-9,14,18H,5,10-13H2,1H3. The molecule has 6 nitrogen and oxygen atoms in total. The molecule has 2 aromatic rings. The molecule has 1 fully saturated rings. The zero-order valence-electron chi connectivity index (χ0n) is 13.7. The lowest BCUT2D eigenvalue weighted by Crippen LogP contribution is -2.31. The fraction of sp³-hybridized carbons (Fsp3) is 0.353. The molecule has 3 rings (SSSR count). The molecule has 7 heteroatoms. The lowest BCUT2D eigenvalue weighted by atomic mass is 10.3. The molecule has 1 N–H and O–H groups in total. The largest absolute Gasteiger partial charge is 0.370 e. The van der Waals surface area contributed by atoms with E-state index < -0.39 is 10.0 Å². The van der Waals surface area contributed by atoms with Gasteiger partial charge in [0.1, 0.15) is 10.7 Å². The highest BCUT2D eigenvalue weighted by Gasteiger charge is 2.17. The maximum absolute atomic E-state index is 11.8. The van der Waals surface area contributed by atoms with Crippen LogP contribution in [0.2, 0.25) is 0 Å². The summed E-state index contributed by atoms with van der Waals surface area (Å²) in [6, 6.07) is 13.8. The molecule has 1 aliphatic heterocycles. The first-order chi connectivity index (χ1) is 11.6. The van der Waals surface area contributed by atoms with E-state index in [0.29, 0.717) is 0 Å². The predicted octanol–water partition coefficient (Wildman–Crippen LogP) is 1.71. The van der Waals surface area contributed by atoms with Crippen molar-refractivity contribution in [1.29, 1.82) is 0 Å². The van der Waals surface area contributed by atoms with Gasteiger partial charge in [-0.3, -0.25) is 0 Å². The Morgan fingerprint density at radius 3 is 2.33 bits per heavy atom. The number of rotatable bonds is 4. The van der Waals surface area contributed by atoms with E-state index in [1.807, 2.05) is 6.07 Å². The minimum absolute atomic E-state index is 0.189. The highest BCUT2D eigenvalue weighted by atomic mass is 32.2. The average molecular weight is 346 g/mol. The SMILES string of the molecule is CNS(=O)(=O)c1ccc(N2CCCN(c3ccccc3)CC2)nc1. The van der Waals surface area contributed by atoms with Crippen LogP contribution in [0.15, 0.2) is 53.6 Å². The quantitative estimate of drug-likeness (QED) is 0.913. The number of sulfonamides is 1. The summed E-state index contributed by atoms with van der Waals surface area (Å²) < 4.78 is 25.8. The third-order valence-corrected chi connectivity index (χ3v) is 5.64. The summed E-state index contributed by atoms with van der Waals surface area (Å²) in [6.07, 6.45) is 2.45. The van der Waals surface area contributed by atoms with Gasteiger partial charge in [-0.05, 0) is 37.7 Å². The summed E-state index contributed by atoms with van der Waals surface area (Å²) in [5.74, 6) is 0.819. The second-order valence-corrected chi connectivity index (χ2v) is 7.61. The van der Waals surface area contributed by atoms with Gasteiger partial charge in [0.25, 0.3) is 0 Å². The first-order valence-electron chi connectivity index (χ1n) is 8.05. The van der Waals surface area contributed by atoms with Crippen molar-refractivity contribution in [2.24, 2.45) is 0 Å². The van der Waals surface area contributed by atoms with Crippen LogP contribution in [0.4, 0.5) is 11.5 Å². The molecule has 0 unspecified atom stereocenters. The minimum atomic E-state index is -3.44. The molecule has 0 spiro atoms. The Morgan fingerprint density at radius 2 is 1.67 bits per heavy atom. The van der Waals surface area contributed by atoms with E-state index in [-0.39, 0.29) is 4.90 Å². The number of aromatic nitrogens is 1. The van der Waals surface area contributed by atoms with Crippen molar-refractivity contribution in [2.75, 3.05) is 43.0 Å². The topological polar surface area (TPSA) is 65.5 Å². The predicted molar refractivity (Wildman–Crippen MR) is 96.0 cm³/mol. The van der Waals surface area contributed by atoms with Crippen LogP contribution in [-0.4, -0.2) is 46.6 Å². The van der Waals surface area contributed by atoms with Gasteiger partial charge in [-0.15, -0.1) is 0 Å². The van der Waals surface area contributed by atoms with E-state index in [1.54, 1.807) is 12.1 Å². The van der Waals surface area contributed by atoms with Crippen LogP contribution >= 0.6 is 0 Å². The van der Waals surface area contributed by atoms with E-state index in [9.17, 15) is 8.42 Å². The average Bonchev–Trinajstić information content (AvgIpc) is 2.89. The van der Waals surface area contributed by atoms with Crippen molar-refractivity contribution in [3.63, 3.8) is 0 Å². The van der Waals surface area contributed by atoms with E-state index in [2.05, 4.69) is 43.8 Å². The molecule has 24 heavy (non-hydrogen) atoms. The third kappa shape index (κ3) is 3.68. The van der Waals surface area contributed by atoms with Crippen LogP contribution in [0.3, 0.4) is 0 Å². The zero-order valence-corrected chi connectivity index (χ0v) is 14.5. The molecule has 0 aliphatic carbocycles. The van der Waals surface area contributed by atoms with Gasteiger partial charge in [0, 0.05) is 38.1 Å². The summed E-state index contributed by atoms with van der Waals surface area (Å²) in [5.41, 5.74) is 1.24. The number of pyridine rings is 1. The Hall–Kier alpha value is -2.12. The maximum atomic E-state index is 11.8. The van der Waals surface area contributed by atoms with Crippen molar-refractivity contribution in [1.82, 2.24) is 9.71 Å². The van der Waals surface area contributed by atoms with E-state index >= 15 is 0 Å². The first-order valence-corrected chi connectivity index (χ1v) is 9.53. The molecule has 2 heterocycles. The van der Waals surface area contributed by atoms with Crippen LogP contribution in [0.1, 0.15) is 6.42 Å². The number of hydrogen-bond acceptors (Lipinski definition) is 5. The normalized spacial score (nSPS) is 16.0. The van der Waals surface area contributed by atoms with Crippen LogP contribution in [-0.2, 0) is 10.0 Å². The Bertz CT molecular complexity index is 763. The van der Waals surface area contributed by atoms with Crippen LogP contribution < -0.4 is 14.5 Å². The Balaban J connectivity index is 1.70. The lowest BCUT2D eigenvalue weighted by Gasteiger charge is -2.24. The van der Waals surface area contributed by atoms with Gasteiger partial charge < -0.3 is 9.80 Å². The Kier molecular flexibility index (Phi) is 5.01. The van der Waals surface area contributed by atoms with Gasteiger partial charge in [0.05, 0.1) is 0 Å². The van der Waals surface area contributed by atoms with Crippen molar-refractivity contribution < 1.29 is 8.42 Å². The minimum Gasteiger partial charge on any atom is -0.370 e. The summed E-state index contributed by atoms with van der Waals surface area (Å²) >= 11 is 0. The highest BCUT2D eigenvalue weighted by molar-refractivity contribution is 7.89. The van der Waals surface area contributed by atoms with Crippen LogP contribution in [0.5, 0.6) is 0 Å². The molecule has 1 aromatic heterocycles. The van der Waals surface area contributed by atoms with Gasteiger partial charge in [0.15, 0.2) is 0 Å². The van der Waals surface area contributed by atoms with Gasteiger partial charge in [0.2, 0.25) is 10.0 Å². The van der Waals surface area contributed by atoms with Crippen molar-refractivity contribution in [3.8, 4) is 0 Å². The van der Waals surface area contributed by atoms with E-state index in [4.69, 9.17) is 0 Å². The molecule has 0 radical (unpaired) electrons. The molecule has 0 saturated carbocycles. The van der Waals surface area contributed by atoms with Crippen molar-refractivity contribution >= 4 is 21.5 Å². The first kappa shape index (κ1) is 16.7. The third-order valence-electron chi connectivity index (χ3n) is 4.24. The van der Waals surface area contributed by atoms with Gasteiger partial charge in [-0.25, -0.2) is 18.1 Å². The molecule has 1 saturated heterocycles. The van der Waals surface area contributed by atoms with Gasteiger partial charge in [-0.1, -0.05) is 18.2 Å². The maximum Gasteiger partial charge on any atom is 0.241 e. The summed E-state index contributed by atoms with van der Waals surface area (Å²) in [7, 11) is -2.04. The number of para-hydroxylation sites is 1. The molecule has 1 aromatic carbocycles. The Labute approximate surface area is 143 Å². The number of nitrogens with zero attached hydrogens (tertiary/aromatic N) is 3. The summed E-state index contributed by atoms with van der Waals surface area (Å²) in [5, 5.41) is 0. The molecule has 0 bridgehead atoms. The molecule has 0 atom stereocenters. The van der Waals surface area contributed by atoms with E-state index in [0.717, 1.165) is 38.4 Å². The fourth-order valence-electron chi connectivity index (χ4n) is 2.88. The molecule has 128 valence electrons.